The number of methoxy groups -OCH3 is 1. The molecule has 1 N–H and O–H groups in total. The molecule has 3 aromatic rings. The van der Waals surface area contributed by atoms with Gasteiger partial charge in [-0.1, -0.05) is 19.4 Å². The highest BCUT2D eigenvalue weighted by molar-refractivity contribution is 6.04. The molecule has 0 bridgehead atoms. The van der Waals surface area contributed by atoms with E-state index >= 15 is 0 Å². The summed E-state index contributed by atoms with van der Waals surface area (Å²) in [5.41, 5.74) is -0.700. The van der Waals surface area contributed by atoms with E-state index in [4.69, 9.17) is 4.74 Å². The van der Waals surface area contributed by atoms with Crippen LogP contribution >= 0.6 is 0 Å². The van der Waals surface area contributed by atoms with Gasteiger partial charge < -0.3 is 10.1 Å². The van der Waals surface area contributed by atoms with E-state index < -0.39 is 17.6 Å². The van der Waals surface area contributed by atoms with Crippen molar-refractivity contribution < 1.29 is 22.7 Å². The smallest absolute Gasteiger partial charge is 0.416 e. The molecule has 0 aliphatic heterocycles. The Labute approximate surface area is 165 Å². The quantitative estimate of drug-likeness (QED) is 0.639. The summed E-state index contributed by atoms with van der Waals surface area (Å²) in [6, 6.07) is 6.31. The maximum absolute atomic E-state index is 13.0. The highest BCUT2D eigenvalue weighted by Crippen LogP contribution is 2.31. The van der Waals surface area contributed by atoms with E-state index in [2.05, 4.69) is 15.5 Å². The molecule has 10 heteroatoms. The summed E-state index contributed by atoms with van der Waals surface area (Å²) in [7, 11) is 1.36. The van der Waals surface area contributed by atoms with Gasteiger partial charge in [-0.15, -0.1) is 0 Å². The molecule has 29 heavy (non-hydrogen) atoms. The molecule has 0 unspecified atom stereocenters. The lowest BCUT2D eigenvalue weighted by molar-refractivity contribution is -0.137. The highest BCUT2D eigenvalue weighted by Gasteiger charge is 2.30. The number of halogens is 3. The first-order valence-corrected chi connectivity index (χ1v) is 8.98. The third kappa shape index (κ3) is 4.58. The summed E-state index contributed by atoms with van der Waals surface area (Å²) >= 11 is 0. The molecule has 0 atom stereocenters. The fourth-order valence-corrected chi connectivity index (χ4v) is 2.72. The van der Waals surface area contributed by atoms with Gasteiger partial charge >= 0.3 is 6.18 Å². The summed E-state index contributed by atoms with van der Waals surface area (Å²) in [6.07, 6.45) is 0.327. The molecule has 1 aromatic carbocycles. The third-order valence-corrected chi connectivity index (χ3v) is 4.24. The Balaban J connectivity index is 1.87. The van der Waals surface area contributed by atoms with E-state index in [0.29, 0.717) is 12.4 Å². The van der Waals surface area contributed by atoms with Crippen LogP contribution in [0.4, 0.5) is 19.0 Å². The standard InChI is InChI=1S/C19H20F3N5O2/c1-3-4-10-26-16(8-9-23-26)24-18(28)17-15(29-2)12-27(25-17)14-7-5-6-13(11-14)19(20,21)22/h5-9,11-12H,3-4,10H2,1-2H3,(H,24,28). The van der Waals surface area contributed by atoms with Gasteiger partial charge in [-0.05, 0) is 24.6 Å². The second-order valence-electron chi connectivity index (χ2n) is 6.29. The van der Waals surface area contributed by atoms with Gasteiger partial charge in [0, 0.05) is 12.6 Å². The number of nitrogens with one attached hydrogen (secondary N) is 1. The van der Waals surface area contributed by atoms with Crippen molar-refractivity contribution in [2.75, 3.05) is 12.4 Å². The van der Waals surface area contributed by atoms with Crippen LogP contribution in [-0.4, -0.2) is 32.6 Å². The number of carbonyl (C=O) groups excluding carboxylic acids is 1. The first kappa shape index (κ1) is 20.4. The zero-order chi connectivity index (χ0) is 21.0. The van der Waals surface area contributed by atoms with E-state index in [1.807, 2.05) is 6.92 Å². The molecule has 0 aliphatic carbocycles. The molecule has 0 saturated carbocycles. The summed E-state index contributed by atoms with van der Waals surface area (Å²) < 4.78 is 47.0. The van der Waals surface area contributed by atoms with Crippen LogP contribution in [-0.2, 0) is 12.7 Å². The molecule has 7 nitrogen and oxygen atoms in total. The molecule has 154 valence electrons. The van der Waals surface area contributed by atoms with E-state index in [1.165, 1.54) is 30.1 Å². The molecule has 0 radical (unpaired) electrons. The van der Waals surface area contributed by atoms with Gasteiger partial charge in [0.1, 0.15) is 5.82 Å². The highest BCUT2D eigenvalue weighted by atomic mass is 19.4. The normalized spacial score (nSPS) is 11.5. The summed E-state index contributed by atoms with van der Waals surface area (Å²) in [6.45, 7) is 2.70. The average Bonchev–Trinajstić information content (AvgIpc) is 3.32. The number of amides is 1. The lowest BCUT2D eigenvalue weighted by Gasteiger charge is -2.08. The van der Waals surface area contributed by atoms with Crippen LogP contribution in [0.5, 0.6) is 5.75 Å². The SMILES string of the molecule is CCCCn1nccc1NC(=O)c1nn(-c2cccc(C(F)(F)F)c2)cc1OC. The van der Waals surface area contributed by atoms with Gasteiger partial charge in [0.05, 0.1) is 30.8 Å². The fourth-order valence-electron chi connectivity index (χ4n) is 2.72. The molecule has 1 amide bonds. The Morgan fingerprint density at radius 1 is 1.28 bits per heavy atom. The van der Waals surface area contributed by atoms with Gasteiger partial charge in [-0.3, -0.25) is 4.79 Å². The van der Waals surface area contributed by atoms with Gasteiger partial charge in [0.15, 0.2) is 11.4 Å². The number of alkyl halides is 3. The molecular formula is C19H20F3N5O2. The van der Waals surface area contributed by atoms with Crippen molar-refractivity contribution in [2.45, 2.75) is 32.5 Å². The summed E-state index contributed by atoms with van der Waals surface area (Å²) in [4.78, 5) is 12.7. The molecular weight excluding hydrogens is 387 g/mol. The van der Waals surface area contributed by atoms with E-state index in [-0.39, 0.29) is 17.1 Å². The lowest BCUT2D eigenvalue weighted by atomic mass is 10.2. The zero-order valence-electron chi connectivity index (χ0n) is 15.9. The zero-order valence-corrected chi connectivity index (χ0v) is 15.9. The molecule has 0 fully saturated rings. The molecule has 0 spiro atoms. The first-order chi connectivity index (χ1) is 13.8. The predicted molar refractivity (Wildman–Crippen MR) is 100 cm³/mol. The number of carbonyl (C=O) groups is 1. The number of aromatic nitrogens is 4. The fraction of sp³-hybridized carbons (Fsp3) is 0.316. The van der Waals surface area contributed by atoms with Crippen molar-refractivity contribution in [1.29, 1.82) is 0 Å². The Morgan fingerprint density at radius 3 is 2.76 bits per heavy atom. The van der Waals surface area contributed by atoms with Crippen molar-refractivity contribution in [3.8, 4) is 11.4 Å². The monoisotopic (exact) mass is 407 g/mol. The van der Waals surface area contributed by atoms with Gasteiger partial charge in [-0.25, -0.2) is 9.36 Å². The lowest BCUT2D eigenvalue weighted by Crippen LogP contribution is -2.17. The van der Waals surface area contributed by atoms with Crippen LogP contribution in [0.3, 0.4) is 0 Å². The van der Waals surface area contributed by atoms with Crippen LogP contribution in [0.1, 0.15) is 35.8 Å². The van der Waals surface area contributed by atoms with Crippen molar-refractivity contribution in [3.05, 3.63) is 54.0 Å². The number of unbranched alkanes of at least 4 members (excludes halogenated alkanes) is 1. The predicted octanol–water partition coefficient (Wildman–Crippen LogP) is 4.15. The van der Waals surface area contributed by atoms with Gasteiger partial charge in [0.2, 0.25) is 0 Å². The number of anilines is 1. The van der Waals surface area contributed by atoms with Crippen molar-refractivity contribution in [3.63, 3.8) is 0 Å². The Hall–Kier alpha value is -3.30. The van der Waals surface area contributed by atoms with Crippen molar-refractivity contribution >= 4 is 11.7 Å². The number of hydrogen-bond donors (Lipinski definition) is 1. The number of hydrogen-bond acceptors (Lipinski definition) is 4. The van der Waals surface area contributed by atoms with Crippen LogP contribution in [0, 0.1) is 0 Å². The van der Waals surface area contributed by atoms with E-state index in [1.54, 1.807) is 16.9 Å². The maximum Gasteiger partial charge on any atom is 0.416 e. The summed E-state index contributed by atoms with van der Waals surface area (Å²) in [5, 5.41) is 11.0. The molecule has 3 rings (SSSR count). The minimum Gasteiger partial charge on any atom is -0.493 e. The minimum absolute atomic E-state index is 0.0480. The second-order valence-corrected chi connectivity index (χ2v) is 6.29. The third-order valence-electron chi connectivity index (χ3n) is 4.24. The first-order valence-electron chi connectivity index (χ1n) is 8.98. The number of ether oxygens (including phenoxy) is 1. The van der Waals surface area contributed by atoms with Gasteiger partial charge in [0.25, 0.3) is 5.91 Å². The Kier molecular flexibility index (Phi) is 5.90. The van der Waals surface area contributed by atoms with Crippen molar-refractivity contribution in [2.24, 2.45) is 0 Å². The van der Waals surface area contributed by atoms with E-state index in [9.17, 15) is 18.0 Å². The second kappa shape index (κ2) is 8.38. The molecule has 2 heterocycles. The molecule has 2 aromatic heterocycles. The number of rotatable bonds is 7. The van der Waals surface area contributed by atoms with Crippen LogP contribution in [0.15, 0.2) is 42.7 Å². The number of nitrogens with zero attached hydrogens (tertiary/aromatic N) is 4. The number of benzene rings is 1. The largest absolute Gasteiger partial charge is 0.493 e. The Bertz CT molecular complexity index is 994. The van der Waals surface area contributed by atoms with Gasteiger partial charge in [-0.2, -0.15) is 23.4 Å². The molecule has 0 aliphatic rings. The topological polar surface area (TPSA) is 74.0 Å². The molecule has 0 saturated heterocycles. The van der Waals surface area contributed by atoms with E-state index in [0.717, 1.165) is 25.0 Å². The van der Waals surface area contributed by atoms with Crippen molar-refractivity contribution in [1.82, 2.24) is 19.6 Å². The van der Waals surface area contributed by atoms with Crippen LogP contribution < -0.4 is 10.1 Å². The van der Waals surface area contributed by atoms with Crippen LogP contribution in [0.2, 0.25) is 0 Å². The number of aryl methyl sites for hydroxylation is 1. The maximum atomic E-state index is 13.0. The minimum atomic E-state index is -4.48. The average molecular weight is 407 g/mol. The Morgan fingerprint density at radius 2 is 2.07 bits per heavy atom. The van der Waals surface area contributed by atoms with Crippen LogP contribution in [0.25, 0.3) is 5.69 Å². The summed E-state index contributed by atoms with van der Waals surface area (Å²) in [5.74, 6) is 0.0875.